The molecule has 0 aliphatic rings. The zero-order chi connectivity index (χ0) is 4.50. The normalized spacial score (nSPS) is 8.29. The van der Waals surface area contributed by atoms with Crippen molar-refractivity contribution < 1.29 is 88.8 Å². The molecule has 7 heteroatoms. The summed E-state index contributed by atoms with van der Waals surface area (Å²) in [6, 6.07) is 0. The van der Waals surface area contributed by atoms with Crippen LogP contribution in [-0.2, 0) is 43.1 Å². The standard InChI is InChI=1S/H2O4S.Tb.Y/c1-5(2,3)4;;/h(H2,1,2,3,4);;/q;2*+3/p-2. The first-order valence-corrected chi connectivity index (χ1v) is 2.00. The monoisotopic (exact) mass is 344 g/mol. The van der Waals surface area contributed by atoms with Crippen LogP contribution in [0.4, 0.5) is 0 Å². The molecule has 0 aromatic rings. The minimum atomic E-state index is -5.17. The average molecular weight is 344 g/mol. The molecule has 0 aromatic carbocycles. The van der Waals surface area contributed by atoms with E-state index in [-0.39, 0.29) is 71.3 Å². The molecule has 0 saturated carbocycles. The van der Waals surface area contributed by atoms with Crippen LogP contribution in [0.15, 0.2) is 0 Å². The summed E-state index contributed by atoms with van der Waals surface area (Å²) in [5, 5.41) is 0. The van der Waals surface area contributed by atoms with Crippen molar-refractivity contribution in [3.63, 3.8) is 0 Å². The van der Waals surface area contributed by atoms with Crippen LogP contribution in [0.25, 0.3) is 0 Å². The van der Waals surface area contributed by atoms with Gasteiger partial charge in [-0.3, -0.25) is 8.42 Å². The van der Waals surface area contributed by atoms with E-state index in [0.717, 1.165) is 0 Å². The van der Waals surface area contributed by atoms with Gasteiger partial charge in [0, 0.05) is 10.4 Å². The van der Waals surface area contributed by atoms with Gasteiger partial charge in [-0.25, -0.2) is 0 Å². The molecular weight excluding hydrogens is 344 g/mol. The van der Waals surface area contributed by atoms with Gasteiger partial charge in [-0.1, -0.05) is 0 Å². The van der Waals surface area contributed by atoms with Gasteiger partial charge in [-0.15, -0.1) is 0 Å². The summed E-state index contributed by atoms with van der Waals surface area (Å²) >= 11 is 0. The molecule has 4 nitrogen and oxygen atoms in total. The third-order valence-corrected chi connectivity index (χ3v) is 0. The van der Waals surface area contributed by atoms with Crippen molar-refractivity contribution in [2.24, 2.45) is 0 Å². The van der Waals surface area contributed by atoms with Crippen LogP contribution >= 0.6 is 0 Å². The second kappa shape index (κ2) is 6.38. The topological polar surface area (TPSA) is 80.3 Å². The Morgan fingerprint density at radius 1 is 1.14 bits per heavy atom. The van der Waals surface area contributed by atoms with E-state index in [1.807, 2.05) is 0 Å². The van der Waals surface area contributed by atoms with Gasteiger partial charge in [-0.05, 0) is 0 Å². The Labute approximate surface area is 97.3 Å². The van der Waals surface area contributed by atoms with Gasteiger partial charge in [-0.2, -0.15) is 0 Å². The summed E-state index contributed by atoms with van der Waals surface area (Å²) < 4.78 is 34.1. The zero-order valence-electron chi connectivity index (χ0n) is 2.95. The summed E-state index contributed by atoms with van der Waals surface area (Å²) in [6.07, 6.45) is 0. The molecule has 0 unspecified atom stereocenters. The molecule has 38 valence electrons. The summed E-state index contributed by atoms with van der Waals surface area (Å²) in [6.45, 7) is 0. The van der Waals surface area contributed by atoms with Gasteiger partial charge in [0.05, 0.1) is 0 Å². The molecule has 0 bridgehead atoms. The average Bonchev–Trinajstić information content (AvgIpc) is 0.722. The fourth-order valence-corrected chi connectivity index (χ4v) is 0. The number of rotatable bonds is 0. The van der Waals surface area contributed by atoms with Gasteiger partial charge >= 0.3 is 71.3 Å². The zero-order valence-corrected chi connectivity index (χ0v) is 8.75. The van der Waals surface area contributed by atoms with Crippen molar-refractivity contribution in [3.05, 3.63) is 0 Å². The largest absolute Gasteiger partial charge is 3.00 e. The van der Waals surface area contributed by atoms with E-state index in [2.05, 4.69) is 0 Å². The van der Waals surface area contributed by atoms with E-state index >= 15 is 0 Å². The van der Waals surface area contributed by atoms with E-state index in [1.54, 1.807) is 0 Å². The molecule has 0 atom stereocenters. The summed E-state index contributed by atoms with van der Waals surface area (Å²) in [4.78, 5) is 0. The Balaban J connectivity index is -0.0000000800. The van der Waals surface area contributed by atoms with Gasteiger partial charge < -0.3 is 9.11 Å². The molecule has 0 aromatic heterocycles. The second-order valence-corrected chi connectivity index (χ2v) is 1.22. The van der Waals surface area contributed by atoms with Crippen LogP contribution in [0.1, 0.15) is 0 Å². The summed E-state index contributed by atoms with van der Waals surface area (Å²) in [5.74, 6) is 0. The Kier molecular flexibility index (Phi) is 14.7. The molecule has 0 saturated heterocycles. The van der Waals surface area contributed by atoms with Gasteiger partial charge in [0.25, 0.3) is 0 Å². The van der Waals surface area contributed by atoms with Crippen LogP contribution in [-0.4, -0.2) is 17.5 Å². The third-order valence-electron chi connectivity index (χ3n) is 0. The third kappa shape index (κ3) is 63.4. The first-order chi connectivity index (χ1) is 2.00. The molecule has 0 heterocycles. The smallest absolute Gasteiger partial charge is 0.759 e. The maximum atomic E-state index is 8.52. The van der Waals surface area contributed by atoms with E-state index in [4.69, 9.17) is 17.5 Å². The van der Waals surface area contributed by atoms with Crippen molar-refractivity contribution in [1.29, 1.82) is 0 Å². The van der Waals surface area contributed by atoms with Gasteiger partial charge in [0.2, 0.25) is 0 Å². The summed E-state index contributed by atoms with van der Waals surface area (Å²) in [7, 11) is -5.17. The summed E-state index contributed by atoms with van der Waals surface area (Å²) in [5.41, 5.74) is 0. The van der Waals surface area contributed by atoms with Crippen LogP contribution in [0.2, 0.25) is 0 Å². The predicted molar refractivity (Wildman–Crippen MR) is 10.5 cm³/mol. The van der Waals surface area contributed by atoms with Crippen LogP contribution in [0, 0.1) is 38.6 Å². The van der Waals surface area contributed by atoms with Crippen molar-refractivity contribution in [1.82, 2.24) is 0 Å². The van der Waals surface area contributed by atoms with Crippen molar-refractivity contribution in [3.8, 4) is 0 Å². The van der Waals surface area contributed by atoms with E-state index in [1.165, 1.54) is 0 Å². The van der Waals surface area contributed by atoms with E-state index < -0.39 is 10.4 Å². The maximum Gasteiger partial charge on any atom is 3.00 e. The number of hydrogen-bond donors (Lipinski definition) is 0. The Morgan fingerprint density at radius 3 is 1.14 bits per heavy atom. The molecule has 0 aliphatic heterocycles. The molecule has 0 aliphatic carbocycles. The van der Waals surface area contributed by atoms with Crippen molar-refractivity contribution in [2.75, 3.05) is 0 Å². The predicted octanol–water partition coefficient (Wildman–Crippen LogP) is -1.34. The van der Waals surface area contributed by atoms with E-state index in [9.17, 15) is 0 Å². The van der Waals surface area contributed by atoms with Crippen LogP contribution < -0.4 is 0 Å². The first-order valence-electron chi connectivity index (χ1n) is 0.667. The van der Waals surface area contributed by atoms with E-state index in [0.29, 0.717) is 0 Å². The number of hydrogen-bond acceptors (Lipinski definition) is 4. The SMILES string of the molecule is O=S(=O)([O-])[O-].[Tb+3].[Y+3]. The molecule has 0 fully saturated rings. The molecule has 0 spiro atoms. The second-order valence-electron chi connectivity index (χ2n) is 0.408. The Bertz CT molecular complexity index is 94.9. The minimum Gasteiger partial charge on any atom is -0.759 e. The fraction of sp³-hybridized carbons (Fsp3) is 0. The Hall–Kier alpha value is 2.26. The molecule has 0 radical (unpaired) electrons. The maximum absolute atomic E-state index is 8.52. The van der Waals surface area contributed by atoms with Gasteiger partial charge in [0.15, 0.2) is 0 Å². The molecular formula is O4STbY+4. The van der Waals surface area contributed by atoms with Gasteiger partial charge in [0.1, 0.15) is 0 Å². The van der Waals surface area contributed by atoms with Crippen LogP contribution in [0.3, 0.4) is 0 Å². The molecule has 0 amide bonds. The van der Waals surface area contributed by atoms with Crippen molar-refractivity contribution >= 4 is 10.4 Å². The molecule has 7 heavy (non-hydrogen) atoms. The quantitative estimate of drug-likeness (QED) is 0.403. The Morgan fingerprint density at radius 2 is 1.14 bits per heavy atom. The fourth-order valence-electron chi connectivity index (χ4n) is 0. The first kappa shape index (κ1) is 16.1. The van der Waals surface area contributed by atoms with Crippen LogP contribution in [0.5, 0.6) is 0 Å². The molecule has 0 N–H and O–H groups in total. The minimum absolute atomic E-state index is 0. The van der Waals surface area contributed by atoms with Crippen molar-refractivity contribution in [2.45, 2.75) is 0 Å². The molecule has 0 rings (SSSR count).